The summed E-state index contributed by atoms with van der Waals surface area (Å²) in [5, 5.41) is 0. The summed E-state index contributed by atoms with van der Waals surface area (Å²) < 4.78 is 5.61. The van der Waals surface area contributed by atoms with E-state index in [9.17, 15) is 9.59 Å². The van der Waals surface area contributed by atoms with Crippen LogP contribution >= 0.6 is 0 Å². The number of hydrogen-bond acceptors (Lipinski definition) is 4. The summed E-state index contributed by atoms with van der Waals surface area (Å²) >= 11 is 0. The van der Waals surface area contributed by atoms with Gasteiger partial charge in [0.25, 0.3) is 0 Å². The van der Waals surface area contributed by atoms with E-state index in [1.165, 1.54) is 0 Å². The molecule has 2 aliphatic rings. The van der Waals surface area contributed by atoms with Crippen molar-refractivity contribution in [2.24, 2.45) is 0 Å². The van der Waals surface area contributed by atoms with Gasteiger partial charge in [0.2, 0.25) is 0 Å². The Morgan fingerprint density at radius 3 is 2.14 bits per heavy atom. The van der Waals surface area contributed by atoms with Gasteiger partial charge in [-0.05, 0) is 46.8 Å². The molecule has 0 N–H and O–H groups in total. The predicted octanol–water partition coefficient (Wildman–Crippen LogP) is 0.175. The molecule has 2 atom stereocenters. The fourth-order valence-electron chi connectivity index (χ4n) is 3.18. The first-order valence-electron chi connectivity index (χ1n) is 7.78. The van der Waals surface area contributed by atoms with E-state index in [2.05, 4.69) is 11.9 Å². The highest BCUT2D eigenvalue weighted by atomic mass is 16.5. The van der Waals surface area contributed by atoms with Crippen molar-refractivity contribution < 1.29 is 14.3 Å². The molecule has 0 bridgehead atoms. The lowest BCUT2D eigenvalue weighted by Crippen LogP contribution is -2.55. The Hall–Kier alpha value is -1.14. The van der Waals surface area contributed by atoms with Crippen molar-refractivity contribution >= 4 is 11.8 Å². The normalized spacial score (nSPS) is 28.5. The van der Waals surface area contributed by atoms with Gasteiger partial charge in [-0.25, -0.2) is 0 Å². The number of ether oxygens (including phenoxy) is 1. The quantitative estimate of drug-likeness (QED) is 0.648. The maximum absolute atomic E-state index is 12.4. The first kappa shape index (κ1) is 16.2. The molecule has 21 heavy (non-hydrogen) atoms. The monoisotopic (exact) mass is 297 g/mol. The van der Waals surface area contributed by atoms with Crippen LogP contribution in [-0.4, -0.2) is 85.0 Å². The molecule has 0 aromatic heterocycles. The van der Waals surface area contributed by atoms with Crippen molar-refractivity contribution in [2.75, 3.05) is 40.3 Å². The molecular weight excluding hydrogens is 270 g/mol. The van der Waals surface area contributed by atoms with Crippen LogP contribution < -0.4 is 0 Å². The molecule has 120 valence electrons. The van der Waals surface area contributed by atoms with Crippen molar-refractivity contribution in [3.63, 3.8) is 0 Å². The van der Waals surface area contributed by atoms with Crippen LogP contribution in [0.1, 0.15) is 26.7 Å². The van der Waals surface area contributed by atoms with Gasteiger partial charge in [-0.2, -0.15) is 0 Å². The Morgan fingerprint density at radius 2 is 1.62 bits per heavy atom. The van der Waals surface area contributed by atoms with Crippen LogP contribution in [0.25, 0.3) is 0 Å². The van der Waals surface area contributed by atoms with E-state index < -0.39 is 5.91 Å². The SMILES string of the molecule is CC1CN(C(=O)C(=O)N(C)C2CCN(C)CC2)CC(C)O1. The number of amides is 2. The second-order valence-electron chi connectivity index (χ2n) is 6.42. The van der Waals surface area contributed by atoms with Gasteiger partial charge < -0.3 is 19.4 Å². The van der Waals surface area contributed by atoms with Crippen LogP contribution in [0.5, 0.6) is 0 Å². The van der Waals surface area contributed by atoms with Gasteiger partial charge in [0.15, 0.2) is 0 Å². The maximum atomic E-state index is 12.4. The molecule has 0 radical (unpaired) electrons. The third-order valence-electron chi connectivity index (χ3n) is 4.45. The van der Waals surface area contributed by atoms with Gasteiger partial charge in [0, 0.05) is 26.2 Å². The smallest absolute Gasteiger partial charge is 0.312 e. The fraction of sp³-hybridized carbons (Fsp3) is 0.867. The minimum atomic E-state index is -0.390. The number of hydrogen-bond donors (Lipinski definition) is 0. The molecule has 2 amide bonds. The number of carbonyl (C=O) groups excluding carboxylic acids is 2. The van der Waals surface area contributed by atoms with Crippen LogP contribution in [0.2, 0.25) is 0 Å². The van der Waals surface area contributed by atoms with E-state index in [4.69, 9.17) is 4.74 Å². The molecule has 6 nitrogen and oxygen atoms in total. The molecule has 2 unspecified atom stereocenters. The van der Waals surface area contributed by atoms with Gasteiger partial charge in [0.1, 0.15) is 0 Å². The zero-order chi connectivity index (χ0) is 15.6. The number of piperidine rings is 1. The molecule has 0 spiro atoms. The standard InChI is InChI=1S/C15H27N3O3/c1-11-9-18(10-12(2)21-11)15(20)14(19)17(4)13-5-7-16(3)8-6-13/h11-13H,5-10H2,1-4H3. The van der Waals surface area contributed by atoms with E-state index in [0.717, 1.165) is 25.9 Å². The van der Waals surface area contributed by atoms with Gasteiger partial charge in [-0.1, -0.05) is 0 Å². The number of likely N-dealkylation sites (N-methyl/N-ethyl adjacent to an activating group) is 1. The Bertz CT molecular complexity index is 384. The third kappa shape index (κ3) is 3.95. The highest BCUT2D eigenvalue weighted by Crippen LogP contribution is 2.16. The Kier molecular flexibility index (Phi) is 5.22. The molecule has 6 heteroatoms. The Balaban J connectivity index is 1.93. The van der Waals surface area contributed by atoms with Crippen LogP contribution in [0, 0.1) is 0 Å². The summed E-state index contributed by atoms with van der Waals surface area (Å²) in [6, 6.07) is 0.175. The molecule has 2 saturated heterocycles. The number of nitrogens with zero attached hydrogens (tertiary/aromatic N) is 3. The largest absolute Gasteiger partial charge is 0.372 e. The summed E-state index contributed by atoms with van der Waals surface area (Å²) in [7, 11) is 3.84. The van der Waals surface area contributed by atoms with E-state index in [-0.39, 0.29) is 24.2 Å². The van der Waals surface area contributed by atoms with E-state index in [0.29, 0.717) is 13.1 Å². The number of likely N-dealkylation sites (tertiary alicyclic amines) is 1. The predicted molar refractivity (Wildman–Crippen MR) is 79.9 cm³/mol. The van der Waals surface area contributed by atoms with E-state index in [1.54, 1.807) is 16.8 Å². The van der Waals surface area contributed by atoms with Gasteiger partial charge >= 0.3 is 11.8 Å². The minimum absolute atomic E-state index is 0.0147. The molecule has 2 heterocycles. The lowest BCUT2D eigenvalue weighted by atomic mass is 10.0. The fourth-order valence-corrected chi connectivity index (χ4v) is 3.18. The molecule has 0 saturated carbocycles. The molecule has 2 rings (SSSR count). The summed E-state index contributed by atoms with van der Waals surface area (Å²) in [5.41, 5.74) is 0. The lowest BCUT2D eigenvalue weighted by Gasteiger charge is -2.38. The van der Waals surface area contributed by atoms with Crippen LogP contribution in [0.15, 0.2) is 0 Å². The molecule has 0 aliphatic carbocycles. The first-order valence-corrected chi connectivity index (χ1v) is 7.78. The maximum Gasteiger partial charge on any atom is 0.312 e. The van der Waals surface area contributed by atoms with Crippen molar-refractivity contribution in [1.82, 2.24) is 14.7 Å². The second-order valence-corrected chi connectivity index (χ2v) is 6.42. The summed E-state index contributed by atoms with van der Waals surface area (Å²) in [6.45, 7) is 6.80. The molecule has 2 fully saturated rings. The minimum Gasteiger partial charge on any atom is -0.372 e. The van der Waals surface area contributed by atoms with Crippen molar-refractivity contribution in [2.45, 2.75) is 44.9 Å². The first-order chi connectivity index (χ1) is 9.88. The number of carbonyl (C=O) groups is 2. The molecule has 0 aromatic carbocycles. The molecule has 0 aromatic rings. The summed E-state index contributed by atoms with van der Waals surface area (Å²) in [4.78, 5) is 30.3. The second kappa shape index (κ2) is 6.75. The number of rotatable bonds is 1. The van der Waals surface area contributed by atoms with Gasteiger partial charge in [-0.3, -0.25) is 9.59 Å². The average molecular weight is 297 g/mol. The highest BCUT2D eigenvalue weighted by molar-refractivity contribution is 6.34. The zero-order valence-electron chi connectivity index (χ0n) is 13.5. The Labute approximate surface area is 127 Å². The number of morpholine rings is 1. The van der Waals surface area contributed by atoms with Crippen molar-refractivity contribution in [3.05, 3.63) is 0 Å². The lowest BCUT2D eigenvalue weighted by molar-refractivity contribution is -0.159. The van der Waals surface area contributed by atoms with Gasteiger partial charge in [-0.15, -0.1) is 0 Å². The van der Waals surface area contributed by atoms with Gasteiger partial charge in [0.05, 0.1) is 12.2 Å². The average Bonchev–Trinajstić information content (AvgIpc) is 2.44. The molecule has 2 aliphatic heterocycles. The van der Waals surface area contributed by atoms with Crippen LogP contribution in [0.4, 0.5) is 0 Å². The molecular formula is C15H27N3O3. The zero-order valence-corrected chi connectivity index (χ0v) is 13.5. The van der Waals surface area contributed by atoms with Crippen LogP contribution in [0.3, 0.4) is 0 Å². The van der Waals surface area contributed by atoms with E-state index in [1.807, 2.05) is 13.8 Å². The third-order valence-corrected chi connectivity index (χ3v) is 4.45. The summed E-state index contributed by atoms with van der Waals surface area (Å²) in [5.74, 6) is -0.774. The summed E-state index contributed by atoms with van der Waals surface area (Å²) in [6.07, 6.45) is 1.84. The van der Waals surface area contributed by atoms with E-state index >= 15 is 0 Å². The topological polar surface area (TPSA) is 53.1 Å². The van der Waals surface area contributed by atoms with Crippen molar-refractivity contribution in [3.8, 4) is 0 Å². The Morgan fingerprint density at radius 1 is 1.10 bits per heavy atom. The van der Waals surface area contributed by atoms with Crippen LogP contribution in [-0.2, 0) is 14.3 Å². The highest BCUT2D eigenvalue weighted by Gasteiger charge is 2.34. The van der Waals surface area contributed by atoms with Crippen molar-refractivity contribution in [1.29, 1.82) is 0 Å².